The number of ether oxygens (including phenoxy) is 2. The highest BCUT2D eigenvalue weighted by Gasteiger charge is 2.34. The fourth-order valence-corrected chi connectivity index (χ4v) is 4.79. The minimum absolute atomic E-state index is 0.0943. The molecule has 0 aromatic heterocycles. The van der Waals surface area contributed by atoms with Crippen molar-refractivity contribution in [2.75, 3.05) is 13.7 Å². The van der Waals surface area contributed by atoms with Crippen molar-refractivity contribution in [3.8, 4) is 0 Å². The molecule has 1 fully saturated rings. The van der Waals surface area contributed by atoms with Gasteiger partial charge in [-0.2, -0.15) is 0 Å². The van der Waals surface area contributed by atoms with E-state index in [-0.39, 0.29) is 11.6 Å². The first-order chi connectivity index (χ1) is 9.88. The molecule has 0 bridgehead atoms. The van der Waals surface area contributed by atoms with E-state index in [0.717, 1.165) is 18.7 Å². The minimum Gasteiger partial charge on any atom is -0.646 e. The SMILES string of the molecule is CCC(CC)(OC)C1COC(=C2C=CC=C2[Si](C)(C)C)[N-]1. The summed E-state index contributed by atoms with van der Waals surface area (Å²) >= 11 is 0. The van der Waals surface area contributed by atoms with Gasteiger partial charge in [-0.15, -0.1) is 0 Å². The molecule has 3 nitrogen and oxygen atoms in total. The van der Waals surface area contributed by atoms with E-state index < -0.39 is 8.07 Å². The van der Waals surface area contributed by atoms with Crippen LogP contribution in [0.5, 0.6) is 0 Å². The molecule has 4 heteroatoms. The van der Waals surface area contributed by atoms with Crippen LogP contribution in [0, 0.1) is 0 Å². The molecule has 1 atom stereocenters. The monoisotopic (exact) mass is 306 g/mol. The number of nitrogens with zero attached hydrogens (tertiary/aromatic N) is 1. The summed E-state index contributed by atoms with van der Waals surface area (Å²) in [6, 6.07) is 0.0943. The van der Waals surface area contributed by atoms with E-state index in [1.165, 1.54) is 10.8 Å². The third kappa shape index (κ3) is 2.97. The van der Waals surface area contributed by atoms with Crippen molar-refractivity contribution in [3.63, 3.8) is 0 Å². The minimum atomic E-state index is -1.38. The highest BCUT2D eigenvalue weighted by atomic mass is 28.3. The predicted molar refractivity (Wildman–Crippen MR) is 91.0 cm³/mol. The first-order valence-electron chi connectivity index (χ1n) is 7.90. The average Bonchev–Trinajstić information content (AvgIpc) is 3.09. The van der Waals surface area contributed by atoms with E-state index in [0.29, 0.717) is 6.61 Å². The Morgan fingerprint density at radius 3 is 2.52 bits per heavy atom. The molecule has 21 heavy (non-hydrogen) atoms. The van der Waals surface area contributed by atoms with E-state index in [1.54, 1.807) is 7.11 Å². The zero-order valence-electron chi connectivity index (χ0n) is 14.2. The molecule has 0 saturated carbocycles. The Morgan fingerprint density at radius 2 is 2.00 bits per heavy atom. The third-order valence-corrected chi connectivity index (χ3v) is 6.77. The van der Waals surface area contributed by atoms with Crippen LogP contribution in [0.2, 0.25) is 19.6 Å². The van der Waals surface area contributed by atoms with Gasteiger partial charge in [0, 0.05) is 13.0 Å². The fraction of sp³-hybridized carbons (Fsp3) is 0.647. The van der Waals surface area contributed by atoms with Gasteiger partial charge < -0.3 is 14.8 Å². The van der Waals surface area contributed by atoms with Gasteiger partial charge in [0.15, 0.2) is 0 Å². The van der Waals surface area contributed by atoms with Crippen LogP contribution < -0.4 is 0 Å². The summed E-state index contributed by atoms with van der Waals surface area (Å²) in [5.74, 6) is 0.811. The van der Waals surface area contributed by atoms with Crippen molar-refractivity contribution in [1.29, 1.82) is 0 Å². The van der Waals surface area contributed by atoms with Gasteiger partial charge in [0.2, 0.25) is 0 Å². The van der Waals surface area contributed by atoms with Crippen LogP contribution in [-0.4, -0.2) is 33.4 Å². The average molecular weight is 307 g/mol. The number of hydrogen-bond donors (Lipinski definition) is 0. The number of methoxy groups -OCH3 is 1. The summed E-state index contributed by atoms with van der Waals surface area (Å²) in [5.41, 5.74) is 0.988. The van der Waals surface area contributed by atoms with E-state index in [1.807, 2.05) is 0 Å². The summed E-state index contributed by atoms with van der Waals surface area (Å²) in [4.78, 5) is 0. The smallest absolute Gasteiger partial charge is 0.0784 e. The quantitative estimate of drug-likeness (QED) is 0.698. The molecule has 0 spiro atoms. The molecule has 1 aliphatic heterocycles. The zero-order chi connectivity index (χ0) is 15.7. The van der Waals surface area contributed by atoms with Crippen LogP contribution in [0.1, 0.15) is 26.7 Å². The number of rotatable bonds is 5. The van der Waals surface area contributed by atoms with E-state index in [2.05, 4.69) is 51.7 Å². The second-order valence-electron chi connectivity index (χ2n) is 6.84. The van der Waals surface area contributed by atoms with Crippen molar-refractivity contribution in [2.24, 2.45) is 0 Å². The van der Waals surface area contributed by atoms with Crippen molar-refractivity contribution in [3.05, 3.63) is 40.2 Å². The Labute approximate surface area is 130 Å². The Balaban J connectivity index is 2.25. The molecule has 118 valence electrons. The van der Waals surface area contributed by atoms with Crippen LogP contribution in [0.3, 0.4) is 0 Å². The van der Waals surface area contributed by atoms with Gasteiger partial charge in [0.25, 0.3) is 0 Å². The highest BCUT2D eigenvalue weighted by Crippen LogP contribution is 2.40. The van der Waals surface area contributed by atoms with Gasteiger partial charge in [-0.1, -0.05) is 63.0 Å². The fourth-order valence-electron chi connectivity index (χ4n) is 3.20. The van der Waals surface area contributed by atoms with Crippen LogP contribution in [0.15, 0.2) is 34.9 Å². The molecule has 0 N–H and O–H groups in total. The second-order valence-corrected chi connectivity index (χ2v) is 11.9. The molecular formula is C17H28NO2Si-. The first kappa shape index (κ1) is 16.4. The lowest BCUT2D eigenvalue weighted by Crippen LogP contribution is -2.42. The molecule has 2 aliphatic rings. The third-order valence-electron chi connectivity index (χ3n) is 4.72. The molecule has 1 aliphatic carbocycles. The van der Waals surface area contributed by atoms with Crippen LogP contribution in [0.4, 0.5) is 0 Å². The molecule has 1 saturated heterocycles. The van der Waals surface area contributed by atoms with Crippen molar-refractivity contribution >= 4 is 8.07 Å². The van der Waals surface area contributed by atoms with Crippen molar-refractivity contribution in [2.45, 2.75) is 58.0 Å². The van der Waals surface area contributed by atoms with Crippen molar-refractivity contribution < 1.29 is 9.47 Å². The van der Waals surface area contributed by atoms with Gasteiger partial charge in [0.05, 0.1) is 20.3 Å². The van der Waals surface area contributed by atoms with Gasteiger partial charge in [-0.25, -0.2) is 0 Å². The second kappa shape index (κ2) is 6.01. The molecule has 0 radical (unpaired) electrons. The number of hydrogen-bond acceptors (Lipinski definition) is 2. The van der Waals surface area contributed by atoms with E-state index >= 15 is 0 Å². The van der Waals surface area contributed by atoms with Crippen LogP contribution in [-0.2, 0) is 9.47 Å². The maximum atomic E-state index is 5.95. The van der Waals surface area contributed by atoms with Crippen LogP contribution in [0.25, 0.3) is 5.32 Å². The first-order valence-corrected chi connectivity index (χ1v) is 11.4. The molecule has 1 unspecified atom stereocenters. The summed E-state index contributed by atoms with van der Waals surface area (Å²) < 4.78 is 11.8. The molecule has 2 rings (SSSR count). The largest absolute Gasteiger partial charge is 0.646 e. The molecule has 0 aromatic carbocycles. The lowest BCUT2D eigenvalue weighted by Gasteiger charge is -2.42. The normalized spacial score (nSPS) is 25.8. The molecule has 1 heterocycles. The molecular weight excluding hydrogens is 278 g/mol. The Bertz CT molecular complexity index is 473. The summed E-state index contributed by atoms with van der Waals surface area (Å²) in [6.07, 6.45) is 8.38. The maximum absolute atomic E-state index is 5.95. The zero-order valence-corrected chi connectivity index (χ0v) is 15.2. The van der Waals surface area contributed by atoms with E-state index in [4.69, 9.17) is 14.8 Å². The summed E-state index contributed by atoms with van der Waals surface area (Å²) in [5, 5.41) is 6.31. The summed E-state index contributed by atoms with van der Waals surface area (Å²) in [6.45, 7) is 12.0. The van der Waals surface area contributed by atoms with Crippen LogP contribution >= 0.6 is 0 Å². The van der Waals surface area contributed by atoms with Gasteiger partial charge in [-0.05, 0) is 18.4 Å². The Morgan fingerprint density at radius 1 is 1.33 bits per heavy atom. The molecule has 0 amide bonds. The predicted octanol–water partition coefficient (Wildman–Crippen LogP) is 4.55. The molecule has 0 aromatic rings. The maximum Gasteiger partial charge on any atom is 0.0784 e. The lowest BCUT2D eigenvalue weighted by atomic mass is 9.89. The summed E-state index contributed by atoms with van der Waals surface area (Å²) in [7, 11) is 0.410. The van der Waals surface area contributed by atoms with Crippen molar-refractivity contribution in [1.82, 2.24) is 0 Å². The van der Waals surface area contributed by atoms with Gasteiger partial charge in [0.1, 0.15) is 0 Å². The topological polar surface area (TPSA) is 32.6 Å². The Hall–Kier alpha value is -1.00. The van der Waals surface area contributed by atoms with Gasteiger partial charge in [-0.3, -0.25) is 0 Å². The van der Waals surface area contributed by atoms with Gasteiger partial charge >= 0.3 is 0 Å². The lowest BCUT2D eigenvalue weighted by molar-refractivity contribution is -0.0338. The highest BCUT2D eigenvalue weighted by molar-refractivity contribution is 6.84. The standard InChI is InChI=1S/C17H28NO2Si/c1-7-17(8-2,19-3)15-12-20-16(18-15)13-10-9-11-14(13)21(4,5)6/h9-11,15H,7-8,12H2,1-6H3/q-1. The number of allylic oxidation sites excluding steroid dienone is 5. The van der Waals surface area contributed by atoms with E-state index in [9.17, 15) is 0 Å². The Kier molecular flexibility index (Phi) is 4.68.